The number of rotatable bonds is 9. The van der Waals surface area contributed by atoms with Crippen LogP contribution in [-0.4, -0.2) is 36.2 Å². The zero-order valence-electron chi connectivity index (χ0n) is 11.6. The average Bonchev–Trinajstić information content (AvgIpc) is 2.84. The second kappa shape index (κ2) is 8.07. The predicted octanol–water partition coefficient (Wildman–Crippen LogP) is 2.08. The third-order valence-corrected chi connectivity index (χ3v) is 4.13. The second-order valence-electron chi connectivity index (χ2n) is 4.57. The van der Waals surface area contributed by atoms with Crippen molar-refractivity contribution in [3.63, 3.8) is 0 Å². The van der Waals surface area contributed by atoms with Gasteiger partial charge in [0, 0.05) is 4.88 Å². The van der Waals surface area contributed by atoms with Crippen LogP contribution < -0.4 is 5.73 Å². The first-order valence-corrected chi connectivity index (χ1v) is 7.51. The van der Waals surface area contributed by atoms with Crippen LogP contribution in [0.3, 0.4) is 0 Å². The third kappa shape index (κ3) is 5.53. The van der Waals surface area contributed by atoms with Crippen molar-refractivity contribution in [2.45, 2.75) is 33.1 Å². The van der Waals surface area contributed by atoms with E-state index >= 15 is 0 Å². The topological polar surface area (TPSA) is 63.4 Å². The molecule has 0 aromatic carbocycles. The molecule has 1 heterocycles. The highest BCUT2D eigenvalue weighted by Gasteiger charge is 2.15. The van der Waals surface area contributed by atoms with Crippen LogP contribution in [0.25, 0.3) is 0 Å². The molecule has 5 heteroatoms. The summed E-state index contributed by atoms with van der Waals surface area (Å²) in [6, 6.07) is 3.86. The minimum Gasteiger partial charge on any atom is -0.369 e. The first kappa shape index (κ1) is 15.9. The molecule has 1 amide bonds. The average molecular weight is 282 g/mol. The van der Waals surface area contributed by atoms with Crippen LogP contribution in [0, 0.1) is 0 Å². The van der Waals surface area contributed by atoms with Crippen molar-refractivity contribution in [3.8, 4) is 0 Å². The van der Waals surface area contributed by atoms with E-state index in [-0.39, 0.29) is 24.8 Å². The summed E-state index contributed by atoms with van der Waals surface area (Å²) in [5.41, 5.74) is 5.22. The number of hydrogen-bond acceptors (Lipinski definition) is 4. The molecule has 2 N–H and O–H groups in total. The SMILES string of the molecule is CCCCN(CC(N)=O)CC(=O)c1ccc(CC)s1. The van der Waals surface area contributed by atoms with Crippen molar-refractivity contribution in [1.82, 2.24) is 4.90 Å². The first-order chi connectivity index (χ1) is 9.06. The Hall–Kier alpha value is -1.20. The molecule has 0 atom stereocenters. The molecule has 4 nitrogen and oxygen atoms in total. The molecule has 0 unspecified atom stereocenters. The number of amides is 1. The van der Waals surface area contributed by atoms with E-state index in [9.17, 15) is 9.59 Å². The largest absolute Gasteiger partial charge is 0.369 e. The Balaban J connectivity index is 2.61. The quantitative estimate of drug-likeness (QED) is 0.705. The van der Waals surface area contributed by atoms with Gasteiger partial charge >= 0.3 is 0 Å². The number of hydrogen-bond donors (Lipinski definition) is 1. The summed E-state index contributed by atoms with van der Waals surface area (Å²) in [5.74, 6) is -0.314. The minimum absolute atomic E-state index is 0.0713. The van der Waals surface area contributed by atoms with Crippen LogP contribution in [0.5, 0.6) is 0 Å². The number of primary amides is 1. The molecule has 0 fully saturated rings. The van der Waals surface area contributed by atoms with Gasteiger partial charge in [0.25, 0.3) is 0 Å². The van der Waals surface area contributed by atoms with E-state index in [1.54, 1.807) is 0 Å². The molecule has 0 bridgehead atoms. The van der Waals surface area contributed by atoms with E-state index in [4.69, 9.17) is 5.73 Å². The van der Waals surface area contributed by atoms with Gasteiger partial charge in [-0.2, -0.15) is 0 Å². The number of carbonyl (C=O) groups excluding carboxylic acids is 2. The Kier molecular flexibility index (Phi) is 6.73. The maximum absolute atomic E-state index is 12.1. The number of aryl methyl sites for hydroxylation is 1. The fourth-order valence-corrected chi connectivity index (χ4v) is 2.69. The zero-order chi connectivity index (χ0) is 14.3. The molecule has 19 heavy (non-hydrogen) atoms. The number of unbranched alkanes of at least 4 members (excludes halogenated alkanes) is 1. The number of ketones is 1. The van der Waals surface area contributed by atoms with Crippen LogP contribution in [0.1, 0.15) is 41.2 Å². The van der Waals surface area contributed by atoms with Gasteiger partial charge in [0.2, 0.25) is 5.91 Å². The van der Waals surface area contributed by atoms with Gasteiger partial charge in [-0.15, -0.1) is 11.3 Å². The highest BCUT2D eigenvalue weighted by Crippen LogP contribution is 2.17. The van der Waals surface area contributed by atoms with Gasteiger partial charge in [0.05, 0.1) is 18.0 Å². The molecule has 0 aliphatic rings. The van der Waals surface area contributed by atoms with Gasteiger partial charge in [-0.1, -0.05) is 20.3 Å². The Bertz CT molecular complexity index is 429. The third-order valence-electron chi connectivity index (χ3n) is 2.86. The van der Waals surface area contributed by atoms with E-state index in [1.165, 1.54) is 16.2 Å². The predicted molar refractivity (Wildman–Crippen MR) is 78.6 cm³/mol. The lowest BCUT2D eigenvalue weighted by atomic mass is 10.2. The van der Waals surface area contributed by atoms with Crippen molar-refractivity contribution in [2.75, 3.05) is 19.6 Å². The smallest absolute Gasteiger partial charge is 0.231 e. The summed E-state index contributed by atoms with van der Waals surface area (Å²) in [6.45, 7) is 5.30. The maximum atomic E-state index is 12.1. The van der Waals surface area contributed by atoms with Crippen molar-refractivity contribution in [1.29, 1.82) is 0 Å². The molecule has 1 rings (SSSR count). The Morgan fingerprint density at radius 3 is 2.53 bits per heavy atom. The molecule has 0 aliphatic heterocycles. The molecule has 0 saturated carbocycles. The van der Waals surface area contributed by atoms with Crippen LogP contribution in [0.4, 0.5) is 0 Å². The summed E-state index contributed by atoms with van der Waals surface area (Å²) in [6.07, 6.45) is 2.94. The second-order valence-corrected chi connectivity index (χ2v) is 5.74. The van der Waals surface area contributed by atoms with Crippen LogP contribution in [0.2, 0.25) is 0 Å². The monoisotopic (exact) mass is 282 g/mol. The van der Waals surface area contributed by atoms with Crippen molar-refractivity contribution >= 4 is 23.0 Å². The summed E-state index contributed by atoms with van der Waals surface area (Å²) < 4.78 is 0. The van der Waals surface area contributed by atoms with Crippen molar-refractivity contribution < 1.29 is 9.59 Å². The lowest BCUT2D eigenvalue weighted by Crippen LogP contribution is -2.37. The van der Waals surface area contributed by atoms with Crippen LogP contribution in [0.15, 0.2) is 12.1 Å². The highest BCUT2D eigenvalue weighted by molar-refractivity contribution is 7.14. The van der Waals surface area contributed by atoms with E-state index in [2.05, 4.69) is 13.8 Å². The lowest BCUT2D eigenvalue weighted by Gasteiger charge is -2.19. The lowest BCUT2D eigenvalue weighted by molar-refractivity contribution is -0.119. The Labute approximate surface area is 118 Å². The minimum atomic E-state index is -0.385. The maximum Gasteiger partial charge on any atom is 0.231 e. The molecule has 1 aromatic rings. The summed E-state index contributed by atoms with van der Waals surface area (Å²) in [4.78, 5) is 27.0. The zero-order valence-corrected chi connectivity index (χ0v) is 12.5. The normalized spacial score (nSPS) is 10.9. The fraction of sp³-hybridized carbons (Fsp3) is 0.571. The van der Waals surface area contributed by atoms with E-state index in [1.807, 2.05) is 17.0 Å². The van der Waals surface area contributed by atoms with Gasteiger partial charge in [-0.3, -0.25) is 14.5 Å². The number of carbonyl (C=O) groups is 2. The molecule has 0 radical (unpaired) electrons. The van der Waals surface area contributed by atoms with Gasteiger partial charge in [-0.25, -0.2) is 0 Å². The summed E-state index contributed by atoms with van der Waals surface area (Å²) in [5, 5.41) is 0. The summed E-state index contributed by atoms with van der Waals surface area (Å²) in [7, 11) is 0. The number of nitrogens with two attached hydrogens (primary N) is 1. The standard InChI is InChI=1S/C14H22N2O2S/c1-3-5-8-16(10-14(15)18)9-12(17)13-7-6-11(4-2)19-13/h6-7H,3-5,8-10H2,1-2H3,(H2,15,18). The number of thiophene rings is 1. The Morgan fingerprint density at radius 1 is 1.26 bits per heavy atom. The first-order valence-electron chi connectivity index (χ1n) is 6.69. The molecule has 0 spiro atoms. The highest BCUT2D eigenvalue weighted by atomic mass is 32.1. The van der Waals surface area contributed by atoms with Crippen molar-refractivity contribution in [3.05, 3.63) is 21.9 Å². The number of Topliss-reactive ketones (excluding diaryl/α,β-unsaturated/α-hetero) is 1. The molecular weight excluding hydrogens is 260 g/mol. The van der Waals surface area contributed by atoms with Gasteiger partial charge in [0.1, 0.15) is 0 Å². The molecular formula is C14H22N2O2S. The van der Waals surface area contributed by atoms with E-state index < -0.39 is 0 Å². The Morgan fingerprint density at radius 2 is 2.00 bits per heavy atom. The van der Waals surface area contributed by atoms with Crippen LogP contribution >= 0.6 is 11.3 Å². The van der Waals surface area contributed by atoms with Gasteiger partial charge in [-0.05, 0) is 31.5 Å². The summed E-state index contributed by atoms with van der Waals surface area (Å²) >= 11 is 1.53. The van der Waals surface area contributed by atoms with E-state index in [0.29, 0.717) is 0 Å². The molecule has 106 valence electrons. The van der Waals surface area contributed by atoms with Gasteiger partial charge < -0.3 is 5.73 Å². The fourth-order valence-electron chi connectivity index (χ4n) is 1.81. The number of nitrogens with zero attached hydrogens (tertiary/aromatic N) is 1. The van der Waals surface area contributed by atoms with E-state index in [0.717, 1.165) is 30.7 Å². The van der Waals surface area contributed by atoms with Gasteiger partial charge in [0.15, 0.2) is 5.78 Å². The molecule has 0 saturated heterocycles. The molecule has 1 aromatic heterocycles. The van der Waals surface area contributed by atoms with Crippen LogP contribution in [-0.2, 0) is 11.2 Å². The molecule has 0 aliphatic carbocycles. The van der Waals surface area contributed by atoms with Crippen molar-refractivity contribution in [2.24, 2.45) is 5.73 Å².